The molecule has 1 aliphatic carbocycles. The lowest BCUT2D eigenvalue weighted by atomic mass is 9.95. The third-order valence-corrected chi connectivity index (χ3v) is 2.90. The average Bonchev–Trinajstić information content (AvgIpc) is 2.41. The molecule has 1 aliphatic rings. The summed E-state index contributed by atoms with van der Waals surface area (Å²) in [6.07, 6.45) is 5.59. The number of hydrogen-bond donors (Lipinski definition) is 4. The second-order valence-electron chi connectivity index (χ2n) is 4.49. The van der Waals surface area contributed by atoms with Crippen molar-refractivity contribution in [3.05, 3.63) is 71.8 Å². The number of allylic oxidation sites excluding steroid dienone is 4. The molecular formula is C15H14O5. The molecule has 0 bridgehead atoms. The Morgan fingerprint density at radius 1 is 1.00 bits per heavy atom. The molecule has 0 heterocycles. The minimum absolute atomic E-state index is 0.244. The van der Waals surface area contributed by atoms with Crippen molar-refractivity contribution in [3.8, 4) is 0 Å². The summed E-state index contributed by atoms with van der Waals surface area (Å²) in [6, 6.07) is 8.58. The molecule has 0 unspecified atom stereocenters. The maximum absolute atomic E-state index is 11.8. The van der Waals surface area contributed by atoms with E-state index in [1.54, 1.807) is 30.3 Å². The van der Waals surface area contributed by atoms with Crippen LogP contribution in [-0.4, -0.2) is 37.8 Å². The summed E-state index contributed by atoms with van der Waals surface area (Å²) >= 11 is 0. The van der Waals surface area contributed by atoms with Crippen molar-refractivity contribution in [2.45, 2.75) is 11.6 Å². The summed E-state index contributed by atoms with van der Waals surface area (Å²) < 4.78 is 0. The molecule has 4 N–H and O–H groups in total. The molecule has 0 fully saturated rings. The Morgan fingerprint density at radius 3 is 2.25 bits per heavy atom. The van der Waals surface area contributed by atoms with Crippen LogP contribution < -0.4 is 0 Å². The number of benzene rings is 1. The molecule has 104 valence electrons. The molecular weight excluding hydrogens is 260 g/mol. The molecule has 20 heavy (non-hydrogen) atoms. The SMILES string of the molecule is O=C(C=CC1=CC(O)(O)C(O)(O)C=C1)c1ccccc1. The predicted octanol–water partition coefficient (Wildman–Crippen LogP) is 0.283. The number of carbonyl (C=O) groups excluding carboxylic acids is 1. The maximum atomic E-state index is 11.8. The van der Waals surface area contributed by atoms with Crippen LogP contribution in [0.5, 0.6) is 0 Å². The van der Waals surface area contributed by atoms with E-state index in [1.165, 1.54) is 18.2 Å². The molecule has 0 saturated heterocycles. The van der Waals surface area contributed by atoms with Crippen molar-refractivity contribution >= 4 is 5.78 Å². The molecule has 0 atom stereocenters. The van der Waals surface area contributed by atoms with E-state index in [-0.39, 0.29) is 11.4 Å². The summed E-state index contributed by atoms with van der Waals surface area (Å²) in [5, 5.41) is 37.5. The zero-order valence-corrected chi connectivity index (χ0v) is 10.5. The molecule has 0 aromatic heterocycles. The van der Waals surface area contributed by atoms with E-state index < -0.39 is 11.6 Å². The maximum Gasteiger partial charge on any atom is 0.243 e. The normalized spacial score (nSPS) is 19.9. The van der Waals surface area contributed by atoms with Crippen LogP contribution in [-0.2, 0) is 0 Å². The van der Waals surface area contributed by atoms with Gasteiger partial charge in [-0.15, -0.1) is 0 Å². The van der Waals surface area contributed by atoms with E-state index in [0.717, 1.165) is 12.2 Å². The minimum Gasteiger partial charge on any atom is -0.358 e. The van der Waals surface area contributed by atoms with Crippen LogP contribution in [0.3, 0.4) is 0 Å². The van der Waals surface area contributed by atoms with Crippen LogP contribution >= 0.6 is 0 Å². The Balaban J connectivity index is 2.16. The predicted molar refractivity (Wildman–Crippen MR) is 71.5 cm³/mol. The molecule has 2 rings (SSSR count). The third-order valence-electron chi connectivity index (χ3n) is 2.90. The summed E-state index contributed by atoms with van der Waals surface area (Å²) in [6.45, 7) is 0. The Labute approximate surface area is 115 Å². The largest absolute Gasteiger partial charge is 0.358 e. The van der Waals surface area contributed by atoms with Crippen molar-refractivity contribution in [2.24, 2.45) is 0 Å². The van der Waals surface area contributed by atoms with Gasteiger partial charge in [0.1, 0.15) is 0 Å². The monoisotopic (exact) mass is 274 g/mol. The molecule has 1 aromatic rings. The van der Waals surface area contributed by atoms with E-state index in [4.69, 9.17) is 0 Å². The topological polar surface area (TPSA) is 98.0 Å². The zero-order valence-electron chi connectivity index (χ0n) is 10.5. The molecule has 0 aliphatic heterocycles. The summed E-state index contributed by atoms with van der Waals surface area (Å²) in [4.78, 5) is 11.8. The van der Waals surface area contributed by atoms with Gasteiger partial charge in [-0.3, -0.25) is 4.79 Å². The zero-order chi connectivity index (χ0) is 14.8. The quantitative estimate of drug-likeness (QED) is 0.361. The van der Waals surface area contributed by atoms with E-state index in [0.29, 0.717) is 5.56 Å². The van der Waals surface area contributed by atoms with Crippen LogP contribution in [0.25, 0.3) is 0 Å². The van der Waals surface area contributed by atoms with Crippen LogP contribution in [0.1, 0.15) is 10.4 Å². The van der Waals surface area contributed by atoms with Gasteiger partial charge in [0.05, 0.1) is 0 Å². The van der Waals surface area contributed by atoms with Crippen LogP contribution in [0.15, 0.2) is 66.3 Å². The fraction of sp³-hybridized carbons (Fsp3) is 0.133. The van der Waals surface area contributed by atoms with Gasteiger partial charge in [0.25, 0.3) is 0 Å². The summed E-state index contributed by atoms with van der Waals surface area (Å²) in [5.74, 6) is -5.81. The molecule has 0 amide bonds. The Hall–Kier alpha value is -2.05. The fourth-order valence-electron chi connectivity index (χ4n) is 1.70. The van der Waals surface area contributed by atoms with Gasteiger partial charge in [0.2, 0.25) is 11.6 Å². The Morgan fingerprint density at radius 2 is 1.65 bits per heavy atom. The minimum atomic E-state index is -2.81. The first-order valence-electron chi connectivity index (χ1n) is 5.91. The van der Waals surface area contributed by atoms with E-state index >= 15 is 0 Å². The third kappa shape index (κ3) is 2.92. The van der Waals surface area contributed by atoms with E-state index in [1.807, 2.05) is 0 Å². The number of aliphatic hydroxyl groups is 4. The lowest BCUT2D eigenvalue weighted by molar-refractivity contribution is -0.308. The average molecular weight is 274 g/mol. The molecule has 0 saturated carbocycles. The van der Waals surface area contributed by atoms with Crippen molar-refractivity contribution in [1.29, 1.82) is 0 Å². The first-order chi connectivity index (χ1) is 9.32. The molecule has 5 nitrogen and oxygen atoms in total. The highest BCUT2D eigenvalue weighted by Gasteiger charge is 2.45. The van der Waals surface area contributed by atoms with Crippen molar-refractivity contribution in [3.63, 3.8) is 0 Å². The van der Waals surface area contributed by atoms with Gasteiger partial charge < -0.3 is 20.4 Å². The van der Waals surface area contributed by atoms with Gasteiger partial charge in [0.15, 0.2) is 5.78 Å². The number of ketones is 1. The Kier molecular flexibility index (Phi) is 3.69. The summed E-state index contributed by atoms with van der Waals surface area (Å²) in [5.41, 5.74) is 0.778. The first-order valence-corrected chi connectivity index (χ1v) is 5.91. The van der Waals surface area contributed by atoms with Crippen LogP contribution in [0.2, 0.25) is 0 Å². The standard InChI is InChI=1S/C15H14O5/c16-13(12-4-2-1-3-5-12)7-6-11-8-9-14(17,18)15(19,20)10-11/h1-10,17-20H. The van der Waals surface area contributed by atoms with E-state index in [9.17, 15) is 25.2 Å². The van der Waals surface area contributed by atoms with Gasteiger partial charge in [-0.2, -0.15) is 0 Å². The highest BCUT2D eigenvalue weighted by atomic mass is 16.6. The van der Waals surface area contributed by atoms with Gasteiger partial charge >= 0.3 is 0 Å². The lowest BCUT2D eigenvalue weighted by Gasteiger charge is -2.32. The highest BCUT2D eigenvalue weighted by molar-refractivity contribution is 6.04. The molecule has 0 radical (unpaired) electrons. The smallest absolute Gasteiger partial charge is 0.243 e. The van der Waals surface area contributed by atoms with Crippen LogP contribution in [0, 0.1) is 0 Å². The number of hydrogen-bond acceptors (Lipinski definition) is 5. The van der Waals surface area contributed by atoms with E-state index in [2.05, 4.69) is 0 Å². The lowest BCUT2D eigenvalue weighted by Crippen LogP contribution is -2.53. The fourth-order valence-corrected chi connectivity index (χ4v) is 1.70. The second-order valence-corrected chi connectivity index (χ2v) is 4.49. The van der Waals surface area contributed by atoms with Crippen molar-refractivity contribution in [2.75, 3.05) is 0 Å². The molecule has 5 heteroatoms. The molecule has 0 spiro atoms. The second kappa shape index (κ2) is 5.15. The van der Waals surface area contributed by atoms with Crippen LogP contribution in [0.4, 0.5) is 0 Å². The van der Waals surface area contributed by atoms with Gasteiger partial charge in [-0.05, 0) is 23.8 Å². The highest BCUT2D eigenvalue weighted by Crippen LogP contribution is 2.27. The number of carbonyl (C=O) groups is 1. The van der Waals surface area contributed by atoms with Gasteiger partial charge in [-0.25, -0.2) is 0 Å². The number of rotatable bonds is 3. The molecule has 1 aromatic carbocycles. The van der Waals surface area contributed by atoms with Crippen molar-refractivity contribution < 1.29 is 25.2 Å². The first kappa shape index (κ1) is 14.4. The summed E-state index contributed by atoms with van der Waals surface area (Å²) in [7, 11) is 0. The van der Waals surface area contributed by atoms with Crippen molar-refractivity contribution in [1.82, 2.24) is 0 Å². The van der Waals surface area contributed by atoms with Gasteiger partial charge in [0, 0.05) is 5.56 Å². The van der Waals surface area contributed by atoms with Gasteiger partial charge in [-0.1, -0.05) is 42.5 Å². The Bertz CT molecular complexity index is 594.